The van der Waals surface area contributed by atoms with Crippen LogP contribution in [0.5, 0.6) is 0 Å². The van der Waals surface area contributed by atoms with Crippen LogP contribution in [0.4, 0.5) is 0 Å². The number of hydrogen-bond donors (Lipinski definition) is 1. The Balaban J connectivity index is 1.92. The highest BCUT2D eigenvalue weighted by Crippen LogP contribution is 2.38. The summed E-state index contributed by atoms with van der Waals surface area (Å²) in [6, 6.07) is 8.85. The average Bonchev–Trinajstić information content (AvgIpc) is 3.21. The number of methoxy groups -OCH3 is 1. The Bertz CT molecular complexity index is 700. The first-order valence-corrected chi connectivity index (χ1v) is 9.17. The highest BCUT2D eigenvalue weighted by molar-refractivity contribution is 7.80. The SMILES string of the molecule is COCCCN1C(=S)N[C@H](c2ccccn2)[C@@H]1c1ccn(C(C)C)c1. The first-order chi connectivity index (χ1) is 12.1. The molecule has 1 aliphatic rings. The largest absolute Gasteiger partial charge is 0.385 e. The fourth-order valence-corrected chi connectivity index (χ4v) is 3.65. The van der Waals surface area contributed by atoms with Crippen molar-refractivity contribution in [3.05, 3.63) is 54.1 Å². The second kappa shape index (κ2) is 7.97. The standard InChI is InChI=1S/C19H26N4OS/c1-14(2)22-11-8-15(13-22)18-17(16-7-4-5-9-20-16)21-19(25)23(18)10-6-12-24-3/h4-5,7-9,11,13-14,17-18H,6,10,12H2,1-3H3,(H,21,25)/t17-,18+/m1/s1. The zero-order valence-electron chi connectivity index (χ0n) is 15.1. The molecule has 134 valence electrons. The van der Waals surface area contributed by atoms with Crippen molar-refractivity contribution in [2.45, 2.75) is 38.4 Å². The molecule has 2 aromatic rings. The molecule has 1 N–H and O–H groups in total. The molecule has 0 bridgehead atoms. The number of ether oxygens (including phenoxy) is 1. The number of thiocarbonyl (C=S) groups is 1. The molecule has 3 heterocycles. The van der Waals surface area contributed by atoms with Crippen molar-refractivity contribution >= 4 is 17.3 Å². The van der Waals surface area contributed by atoms with Crippen LogP contribution in [0.25, 0.3) is 0 Å². The molecule has 0 amide bonds. The predicted octanol–water partition coefficient (Wildman–Crippen LogP) is 3.47. The van der Waals surface area contributed by atoms with E-state index >= 15 is 0 Å². The third-order valence-electron chi connectivity index (χ3n) is 4.62. The van der Waals surface area contributed by atoms with Crippen molar-refractivity contribution < 1.29 is 4.74 Å². The van der Waals surface area contributed by atoms with E-state index in [1.165, 1.54) is 5.56 Å². The molecule has 0 aromatic carbocycles. The van der Waals surface area contributed by atoms with Gasteiger partial charge >= 0.3 is 0 Å². The molecule has 0 aliphatic carbocycles. The van der Waals surface area contributed by atoms with Crippen molar-refractivity contribution in [2.75, 3.05) is 20.3 Å². The van der Waals surface area contributed by atoms with E-state index in [4.69, 9.17) is 17.0 Å². The summed E-state index contributed by atoms with van der Waals surface area (Å²) in [5, 5.41) is 4.27. The van der Waals surface area contributed by atoms with E-state index in [1.807, 2.05) is 18.3 Å². The molecule has 0 unspecified atom stereocenters. The highest BCUT2D eigenvalue weighted by Gasteiger charge is 2.39. The number of nitrogens with one attached hydrogen (secondary N) is 1. The summed E-state index contributed by atoms with van der Waals surface area (Å²) in [5.74, 6) is 0. The molecular formula is C19H26N4OS. The predicted molar refractivity (Wildman–Crippen MR) is 103 cm³/mol. The molecule has 0 saturated carbocycles. The van der Waals surface area contributed by atoms with E-state index in [0.717, 1.165) is 30.4 Å². The summed E-state index contributed by atoms with van der Waals surface area (Å²) in [7, 11) is 1.73. The Kier molecular flexibility index (Phi) is 5.71. The average molecular weight is 359 g/mol. The Morgan fingerprint density at radius 2 is 2.16 bits per heavy atom. The van der Waals surface area contributed by atoms with Crippen molar-refractivity contribution in [1.82, 2.24) is 19.8 Å². The minimum atomic E-state index is 0.0549. The summed E-state index contributed by atoms with van der Waals surface area (Å²) >= 11 is 5.64. The quantitative estimate of drug-likeness (QED) is 0.606. The van der Waals surface area contributed by atoms with Crippen LogP contribution in [0.15, 0.2) is 42.9 Å². The maximum atomic E-state index is 5.64. The van der Waals surface area contributed by atoms with Crippen LogP contribution < -0.4 is 5.32 Å². The van der Waals surface area contributed by atoms with Gasteiger partial charge in [-0.3, -0.25) is 4.98 Å². The molecule has 0 radical (unpaired) electrons. The summed E-state index contributed by atoms with van der Waals surface area (Å²) in [6.07, 6.45) is 7.15. The monoisotopic (exact) mass is 358 g/mol. The minimum absolute atomic E-state index is 0.0549. The number of hydrogen-bond acceptors (Lipinski definition) is 3. The van der Waals surface area contributed by atoms with Crippen LogP contribution in [0, 0.1) is 0 Å². The summed E-state index contributed by atoms with van der Waals surface area (Å²) in [5.41, 5.74) is 2.27. The van der Waals surface area contributed by atoms with E-state index in [0.29, 0.717) is 6.04 Å². The summed E-state index contributed by atoms with van der Waals surface area (Å²) < 4.78 is 7.45. The number of rotatable bonds is 7. The number of aromatic nitrogens is 2. The van der Waals surface area contributed by atoms with E-state index in [1.54, 1.807) is 7.11 Å². The third kappa shape index (κ3) is 3.85. The van der Waals surface area contributed by atoms with Crippen molar-refractivity contribution in [3.63, 3.8) is 0 Å². The lowest BCUT2D eigenvalue weighted by Crippen LogP contribution is -2.31. The van der Waals surface area contributed by atoms with Gasteiger partial charge in [-0.2, -0.15) is 0 Å². The van der Waals surface area contributed by atoms with Crippen LogP contribution in [-0.4, -0.2) is 39.8 Å². The van der Waals surface area contributed by atoms with Crippen LogP contribution in [0.3, 0.4) is 0 Å². The summed E-state index contributed by atoms with van der Waals surface area (Å²) in [6.45, 7) is 5.97. The van der Waals surface area contributed by atoms with Gasteiger partial charge in [-0.15, -0.1) is 0 Å². The molecule has 5 nitrogen and oxygen atoms in total. The van der Waals surface area contributed by atoms with E-state index in [2.05, 4.69) is 58.1 Å². The number of pyridine rings is 1. The van der Waals surface area contributed by atoms with Crippen LogP contribution in [-0.2, 0) is 4.74 Å². The van der Waals surface area contributed by atoms with E-state index in [9.17, 15) is 0 Å². The molecule has 2 atom stereocenters. The Morgan fingerprint density at radius 1 is 1.32 bits per heavy atom. The fourth-order valence-electron chi connectivity index (χ4n) is 3.32. The molecular weight excluding hydrogens is 332 g/mol. The molecule has 6 heteroatoms. The molecule has 1 fully saturated rings. The van der Waals surface area contributed by atoms with Gasteiger partial charge in [0.1, 0.15) is 0 Å². The van der Waals surface area contributed by atoms with E-state index in [-0.39, 0.29) is 12.1 Å². The van der Waals surface area contributed by atoms with Crippen molar-refractivity contribution in [2.24, 2.45) is 0 Å². The molecule has 2 aromatic heterocycles. The third-order valence-corrected chi connectivity index (χ3v) is 4.97. The Hall–Kier alpha value is -1.92. The molecule has 1 aliphatic heterocycles. The lowest BCUT2D eigenvalue weighted by Gasteiger charge is -2.27. The normalized spacial score (nSPS) is 20.3. The lowest BCUT2D eigenvalue weighted by molar-refractivity contribution is 0.180. The first kappa shape index (κ1) is 17.9. The fraction of sp³-hybridized carbons (Fsp3) is 0.474. The molecule has 1 saturated heterocycles. The Morgan fingerprint density at radius 3 is 2.80 bits per heavy atom. The van der Waals surface area contributed by atoms with Crippen LogP contribution in [0.2, 0.25) is 0 Å². The van der Waals surface area contributed by atoms with Gasteiger partial charge in [0, 0.05) is 44.9 Å². The smallest absolute Gasteiger partial charge is 0.170 e. The lowest BCUT2D eigenvalue weighted by atomic mass is 9.99. The second-order valence-corrected chi connectivity index (χ2v) is 7.04. The van der Waals surface area contributed by atoms with Crippen LogP contribution >= 0.6 is 12.2 Å². The van der Waals surface area contributed by atoms with Gasteiger partial charge in [-0.1, -0.05) is 6.07 Å². The maximum absolute atomic E-state index is 5.64. The zero-order valence-corrected chi connectivity index (χ0v) is 15.9. The minimum Gasteiger partial charge on any atom is -0.385 e. The topological polar surface area (TPSA) is 42.3 Å². The van der Waals surface area contributed by atoms with Crippen molar-refractivity contribution in [1.29, 1.82) is 0 Å². The van der Waals surface area contributed by atoms with Gasteiger partial charge in [-0.25, -0.2) is 0 Å². The molecule has 3 rings (SSSR count). The molecule has 0 spiro atoms. The van der Waals surface area contributed by atoms with Crippen LogP contribution in [0.1, 0.15) is 49.7 Å². The van der Waals surface area contributed by atoms with E-state index < -0.39 is 0 Å². The maximum Gasteiger partial charge on any atom is 0.170 e. The van der Waals surface area contributed by atoms with Gasteiger partial charge in [-0.05, 0) is 56.2 Å². The highest BCUT2D eigenvalue weighted by atomic mass is 32.1. The van der Waals surface area contributed by atoms with Crippen molar-refractivity contribution in [3.8, 4) is 0 Å². The van der Waals surface area contributed by atoms with Gasteiger partial charge in [0.2, 0.25) is 0 Å². The Labute approximate surface area is 155 Å². The van der Waals surface area contributed by atoms with Gasteiger partial charge in [0.15, 0.2) is 5.11 Å². The molecule has 25 heavy (non-hydrogen) atoms. The summed E-state index contributed by atoms with van der Waals surface area (Å²) in [4.78, 5) is 6.83. The van der Waals surface area contributed by atoms with Gasteiger partial charge in [0.25, 0.3) is 0 Å². The van der Waals surface area contributed by atoms with Gasteiger partial charge in [0.05, 0.1) is 17.8 Å². The number of nitrogens with zero attached hydrogens (tertiary/aromatic N) is 3. The zero-order chi connectivity index (χ0) is 17.8. The van der Waals surface area contributed by atoms with Gasteiger partial charge < -0.3 is 19.5 Å². The second-order valence-electron chi connectivity index (χ2n) is 6.65. The first-order valence-electron chi connectivity index (χ1n) is 8.76.